The molecule has 0 spiro atoms. The lowest BCUT2D eigenvalue weighted by atomic mass is 9.88. The predicted octanol–water partition coefficient (Wildman–Crippen LogP) is 4.13. The zero-order valence-corrected chi connectivity index (χ0v) is 44.6. The number of aliphatic imine (C=N–C) groups is 1. The first kappa shape index (κ1) is 56.4. The highest BCUT2D eigenvalue weighted by molar-refractivity contribution is 8.14. The Balaban J connectivity index is 0.767. The van der Waals surface area contributed by atoms with Crippen LogP contribution in [0.1, 0.15) is 89.7 Å². The second-order valence-corrected chi connectivity index (χ2v) is 20.7. The molecular formula is C54H66F2N12O8S. The van der Waals surface area contributed by atoms with Gasteiger partial charge in [0, 0.05) is 72.9 Å². The van der Waals surface area contributed by atoms with Crippen LogP contribution in [0.3, 0.4) is 0 Å². The number of nitrogen functional groups attached to an aromatic ring is 1. The molecule has 2 bridgehead atoms. The Labute approximate surface area is 450 Å². The number of nitrogens with one attached hydrogen (secondary N) is 3. The number of likely N-dealkylation sites (tertiary alicyclic amines) is 2. The van der Waals surface area contributed by atoms with Crippen LogP contribution in [0.25, 0.3) is 11.1 Å². The molecule has 1 unspecified atom stereocenters. The largest absolute Gasteiger partial charge is 0.482 e. The topological polar surface area (TPSA) is 252 Å². The molecule has 4 aromatic rings. The number of anilines is 1. The van der Waals surface area contributed by atoms with Crippen molar-refractivity contribution in [2.45, 2.75) is 89.3 Å². The average molecular weight is 1080 g/mol. The minimum Gasteiger partial charge on any atom is -0.482 e. The molecule has 410 valence electrons. The molecule has 5 N–H and O–H groups in total. The Morgan fingerprint density at radius 3 is 2.47 bits per heavy atom. The standard InChI is InChI=1S/C54H66F2N12O8S/c1-32(59-3)51(71)63-48(54(73)67-17-5-6-43(67)52-62-42(31-77-52)49(70)35-7-9-37(55)10-8-35)34-13-18-66(19-14-34)21-23-75-25-24-74-22-15-46(69)60-16-20-68-44-30-65(4)53(72)39-12-11-38(56)27-40(39)33(2)76-45-26-36(29-61-50(45)58)47(44)41(28-57)64-68/h7-12,26-27,29,32-34,42-43,48,59H,5-6,13-25,30-31H2,1-4H3,(H2,58,61)(H,60,69)(H,63,71)/t32-,33+,42?,43-,48-/m0/s1. The molecule has 77 heavy (non-hydrogen) atoms. The number of ether oxygens (including phenoxy) is 3. The van der Waals surface area contributed by atoms with Crippen LogP contribution in [0.15, 0.2) is 59.7 Å². The van der Waals surface area contributed by atoms with E-state index in [4.69, 9.17) is 24.9 Å². The van der Waals surface area contributed by atoms with Crippen LogP contribution >= 0.6 is 11.8 Å². The summed E-state index contributed by atoms with van der Waals surface area (Å²) in [5.74, 6) is -1.57. The predicted molar refractivity (Wildman–Crippen MR) is 284 cm³/mol. The molecule has 6 heterocycles. The van der Waals surface area contributed by atoms with Gasteiger partial charge in [-0.15, -0.1) is 11.8 Å². The first-order valence-corrected chi connectivity index (χ1v) is 27.0. The van der Waals surface area contributed by atoms with Gasteiger partial charge in [-0.1, -0.05) is 0 Å². The Bertz CT molecular complexity index is 2870. The van der Waals surface area contributed by atoms with Gasteiger partial charge in [-0.2, -0.15) is 10.4 Å². The molecular weight excluding hydrogens is 1010 g/mol. The fourth-order valence-electron chi connectivity index (χ4n) is 10.1. The number of nitrogens with two attached hydrogens (primary N) is 1. The smallest absolute Gasteiger partial charge is 0.254 e. The van der Waals surface area contributed by atoms with E-state index in [0.29, 0.717) is 92.4 Å². The Morgan fingerprint density at radius 1 is 0.987 bits per heavy atom. The highest BCUT2D eigenvalue weighted by Gasteiger charge is 2.43. The second-order valence-electron chi connectivity index (χ2n) is 19.6. The van der Waals surface area contributed by atoms with E-state index >= 15 is 0 Å². The van der Waals surface area contributed by atoms with E-state index in [1.165, 1.54) is 65.3 Å². The van der Waals surface area contributed by atoms with Crippen LogP contribution < -0.4 is 26.4 Å². The van der Waals surface area contributed by atoms with Gasteiger partial charge in [0.1, 0.15) is 35.9 Å². The summed E-state index contributed by atoms with van der Waals surface area (Å²) in [6, 6.07) is 11.0. The van der Waals surface area contributed by atoms with Crippen LogP contribution in [0, 0.1) is 28.9 Å². The lowest BCUT2D eigenvalue weighted by molar-refractivity contribution is -0.138. The van der Waals surface area contributed by atoms with E-state index in [2.05, 4.69) is 37.0 Å². The summed E-state index contributed by atoms with van der Waals surface area (Å²) in [6.45, 7) is 7.63. The molecule has 2 aromatic heterocycles. The number of halogens is 2. The summed E-state index contributed by atoms with van der Waals surface area (Å²) in [6.07, 6.45) is 3.69. The number of aromatic nitrogens is 3. The van der Waals surface area contributed by atoms with Gasteiger partial charge in [0.25, 0.3) is 5.91 Å². The number of ketones is 1. The van der Waals surface area contributed by atoms with Crippen molar-refractivity contribution in [3.05, 3.63) is 94.4 Å². The number of carbonyl (C=O) groups excluding carboxylic acids is 5. The van der Waals surface area contributed by atoms with Gasteiger partial charge in [-0.25, -0.2) is 13.8 Å². The first-order chi connectivity index (χ1) is 37.1. The van der Waals surface area contributed by atoms with Crippen LogP contribution in [0.4, 0.5) is 14.6 Å². The number of carbonyl (C=O) groups is 5. The Hall–Kier alpha value is -6.84. The number of rotatable bonds is 20. The normalized spacial score (nSPS) is 19.7. The van der Waals surface area contributed by atoms with Crippen molar-refractivity contribution in [3.8, 4) is 22.9 Å². The van der Waals surface area contributed by atoms with E-state index in [9.17, 15) is 38.0 Å². The summed E-state index contributed by atoms with van der Waals surface area (Å²) < 4.78 is 47.3. The number of Topliss-reactive ketones (excluding diaryl/α,β-unsaturated/α-hetero) is 1. The number of nitrogens with zero attached hydrogens (tertiary/aromatic N) is 8. The maximum Gasteiger partial charge on any atom is 0.254 e. The Morgan fingerprint density at radius 2 is 1.73 bits per heavy atom. The molecule has 23 heteroatoms. The fraction of sp³-hybridized carbons (Fsp3) is 0.500. The number of thioether (sulfide) groups is 1. The molecule has 0 radical (unpaired) electrons. The quantitative estimate of drug-likeness (QED) is 0.0718. The molecule has 2 saturated heterocycles. The number of pyridine rings is 1. The molecule has 2 aromatic carbocycles. The monoisotopic (exact) mass is 1080 g/mol. The summed E-state index contributed by atoms with van der Waals surface area (Å²) in [5.41, 5.74) is 8.64. The zero-order chi connectivity index (χ0) is 54.8. The van der Waals surface area contributed by atoms with Crippen molar-refractivity contribution in [2.24, 2.45) is 10.9 Å². The van der Waals surface area contributed by atoms with Gasteiger partial charge in [-0.05, 0) is 114 Å². The number of piperidine rings is 1. The van der Waals surface area contributed by atoms with Gasteiger partial charge in [0.2, 0.25) is 17.7 Å². The maximum atomic E-state index is 14.5. The Kier molecular flexibility index (Phi) is 19.0. The van der Waals surface area contributed by atoms with E-state index in [0.717, 1.165) is 11.5 Å². The number of benzene rings is 2. The zero-order valence-electron chi connectivity index (χ0n) is 43.8. The summed E-state index contributed by atoms with van der Waals surface area (Å²) in [4.78, 5) is 82.3. The van der Waals surface area contributed by atoms with E-state index in [-0.39, 0.29) is 97.6 Å². The van der Waals surface area contributed by atoms with Gasteiger partial charge in [0.15, 0.2) is 23.0 Å². The van der Waals surface area contributed by atoms with Gasteiger partial charge in [0.05, 0.1) is 62.3 Å². The van der Waals surface area contributed by atoms with Crippen LogP contribution in [-0.2, 0) is 36.9 Å². The number of fused-ring (bicyclic) bond motifs is 5. The molecule has 4 aliphatic rings. The van der Waals surface area contributed by atoms with Crippen molar-refractivity contribution in [3.63, 3.8) is 0 Å². The van der Waals surface area contributed by atoms with E-state index in [1.807, 2.05) is 4.90 Å². The summed E-state index contributed by atoms with van der Waals surface area (Å²) in [7, 11) is 3.30. The number of hydrogen-bond acceptors (Lipinski definition) is 16. The number of amides is 4. The van der Waals surface area contributed by atoms with Gasteiger partial charge < -0.3 is 50.6 Å². The fourth-order valence-corrected chi connectivity index (χ4v) is 11.3. The van der Waals surface area contributed by atoms with Crippen molar-refractivity contribution < 1.29 is 47.0 Å². The summed E-state index contributed by atoms with van der Waals surface area (Å²) >= 11 is 1.48. The third-order valence-corrected chi connectivity index (χ3v) is 15.7. The van der Waals surface area contributed by atoms with Gasteiger partial charge >= 0.3 is 0 Å². The first-order valence-electron chi connectivity index (χ1n) is 26.0. The molecule has 8 rings (SSSR count). The molecule has 2 fully saturated rings. The van der Waals surface area contributed by atoms with Crippen LogP contribution in [-0.4, -0.2) is 167 Å². The minimum atomic E-state index is -0.773. The third-order valence-electron chi connectivity index (χ3n) is 14.5. The number of hydrogen-bond donors (Lipinski definition) is 4. The molecule has 5 atom stereocenters. The van der Waals surface area contributed by atoms with Crippen molar-refractivity contribution in [1.29, 1.82) is 5.26 Å². The maximum absolute atomic E-state index is 14.5. The molecule has 0 aliphatic carbocycles. The lowest BCUT2D eigenvalue weighted by Gasteiger charge is -2.38. The molecule has 4 aliphatic heterocycles. The highest BCUT2D eigenvalue weighted by Crippen LogP contribution is 2.37. The van der Waals surface area contributed by atoms with Crippen LogP contribution in [0.2, 0.25) is 0 Å². The molecule has 0 saturated carbocycles. The second kappa shape index (κ2) is 26.0. The average Bonchev–Trinajstić information content (AvgIpc) is 4.22. The molecule has 4 amide bonds. The van der Waals surface area contributed by atoms with Crippen molar-refractivity contribution >= 4 is 52.0 Å². The van der Waals surface area contributed by atoms with Crippen LogP contribution in [0.5, 0.6) is 5.75 Å². The van der Waals surface area contributed by atoms with Gasteiger partial charge in [-0.3, -0.25) is 33.6 Å². The highest BCUT2D eigenvalue weighted by atomic mass is 32.2. The number of nitriles is 1. The van der Waals surface area contributed by atoms with E-state index in [1.54, 1.807) is 38.7 Å². The van der Waals surface area contributed by atoms with Crippen molar-refractivity contribution in [1.82, 2.24) is 45.4 Å². The number of likely N-dealkylation sites (N-methyl/N-ethyl adjacent to an activating group) is 1. The molecule has 20 nitrogen and oxygen atoms in total. The van der Waals surface area contributed by atoms with E-state index < -0.39 is 41.8 Å². The SMILES string of the molecule is CN[C@@H](C)C(=O)N[C@H](C(=O)N1CCC[C@H]1C1=NC(C(=O)c2ccc(F)cc2)CS1)C1CCN(CCOCCOCCC(=O)NCCn2nc(C#N)c3c2CN(C)C(=O)c2ccc(F)cc2[C@@H](C)Oc2cc-3cnc2N)CC1. The van der Waals surface area contributed by atoms with Crippen molar-refractivity contribution in [2.75, 3.05) is 84.7 Å². The third kappa shape index (κ3) is 13.7. The minimum absolute atomic E-state index is 0.0190. The summed E-state index contributed by atoms with van der Waals surface area (Å²) in [5, 5.41) is 24.4. The lowest BCUT2D eigenvalue weighted by Crippen LogP contribution is -2.58.